The van der Waals surface area contributed by atoms with Crippen LogP contribution in [0.25, 0.3) is 0 Å². The van der Waals surface area contributed by atoms with Crippen LogP contribution in [-0.2, 0) is 17.8 Å². The van der Waals surface area contributed by atoms with Crippen molar-refractivity contribution in [3.05, 3.63) is 60.1 Å². The maximum atomic E-state index is 12.1. The number of morpholine rings is 1. The van der Waals surface area contributed by atoms with Crippen molar-refractivity contribution in [3.8, 4) is 11.5 Å². The number of hydrogen-bond donors (Lipinski definition) is 1. The Morgan fingerprint density at radius 3 is 2.81 bits per heavy atom. The van der Waals surface area contributed by atoms with Crippen LogP contribution in [-0.4, -0.2) is 68.4 Å². The number of hydrogen-bond acceptors (Lipinski definition) is 7. The lowest BCUT2D eigenvalue weighted by Crippen LogP contribution is -2.41. The summed E-state index contributed by atoms with van der Waals surface area (Å²) in [7, 11) is 0. The molecule has 1 saturated heterocycles. The molecule has 1 N–H and O–H groups in total. The molecule has 0 unspecified atom stereocenters. The molecule has 166 valence electrons. The van der Waals surface area contributed by atoms with E-state index in [-0.39, 0.29) is 12.7 Å². The Hall–Kier alpha value is -2.81. The lowest BCUT2D eigenvalue weighted by atomic mass is 10.2. The quantitative estimate of drug-likeness (QED) is 0.583. The fourth-order valence-electron chi connectivity index (χ4n) is 3.68. The van der Waals surface area contributed by atoms with Crippen molar-refractivity contribution in [2.24, 2.45) is 0 Å². The van der Waals surface area contributed by atoms with E-state index < -0.39 is 0 Å². The van der Waals surface area contributed by atoms with Crippen LogP contribution in [0, 0.1) is 0 Å². The van der Waals surface area contributed by atoms with Gasteiger partial charge in [-0.3, -0.25) is 14.6 Å². The lowest BCUT2D eigenvalue weighted by molar-refractivity contribution is 0.0321. The number of nitrogens with zero attached hydrogens (tertiary/aromatic N) is 2. The second-order valence-corrected chi connectivity index (χ2v) is 7.62. The highest BCUT2D eigenvalue weighted by molar-refractivity contribution is 5.91. The van der Waals surface area contributed by atoms with Gasteiger partial charge in [-0.1, -0.05) is 12.1 Å². The molecule has 1 aromatic heterocycles. The molecule has 8 heteroatoms. The van der Waals surface area contributed by atoms with Gasteiger partial charge in [-0.2, -0.15) is 0 Å². The van der Waals surface area contributed by atoms with E-state index in [0.717, 1.165) is 68.8 Å². The van der Waals surface area contributed by atoms with Crippen molar-refractivity contribution in [1.82, 2.24) is 15.1 Å². The summed E-state index contributed by atoms with van der Waals surface area (Å²) in [5, 5.41) is 2.74. The molecule has 0 spiro atoms. The summed E-state index contributed by atoms with van der Waals surface area (Å²) in [6.07, 6.45) is 1.64. The van der Waals surface area contributed by atoms with Gasteiger partial charge in [0.05, 0.1) is 19.8 Å². The van der Waals surface area contributed by atoms with Crippen molar-refractivity contribution >= 4 is 5.91 Å². The zero-order valence-corrected chi connectivity index (χ0v) is 17.7. The second kappa shape index (κ2) is 10.5. The third-order valence-corrected chi connectivity index (χ3v) is 5.35. The second-order valence-electron chi connectivity index (χ2n) is 7.62. The number of ether oxygens (including phenoxy) is 3. The molecule has 2 aliphatic heterocycles. The van der Waals surface area contributed by atoms with E-state index in [1.165, 1.54) is 0 Å². The van der Waals surface area contributed by atoms with E-state index in [9.17, 15) is 4.79 Å². The molecule has 3 heterocycles. The summed E-state index contributed by atoms with van der Waals surface area (Å²) in [5.41, 5.74) is 1.14. The number of amides is 1. The number of furan rings is 1. The van der Waals surface area contributed by atoms with E-state index in [1.807, 2.05) is 18.2 Å². The minimum atomic E-state index is -0.234. The van der Waals surface area contributed by atoms with Crippen LogP contribution >= 0.6 is 0 Å². The number of carbonyl (C=O) groups is 1. The van der Waals surface area contributed by atoms with Crippen LogP contribution in [0.2, 0.25) is 0 Å². The molecule has 0 aliphatic carbocycles. The fourth-order valence-corrected chi connectivity index (χ4v) is 3.68. The van der Waals surface area contributed by atoms with Gasteiger partial charge in [0.2, 0.25) is 6.79 Å². The van der Waals surface area contributed by atoms with Crippen molar-refractivity contribution in [2.45, 2.75) is 13.1 Å². The number of carbonyl (C=O) groups excluding carboxylic acids is 1. The van der Waals surface area contributed by atoms with Gasteiger partial charge in [0.15, 0.2) is 17.3 Å². The summed E-state index contributed by atoms with van der Waals surface area (Å²) >= 11 is 0. The number of rotatable bonds is 10. The molecule has 2 aromatic rings. The zero-order chi connectivity index (χ0) is 21.5. The molecule has 2 aliphatic rings. The van der Waals surface area contributed by atoms with Crippen molar-refractivity contribution in [2.75, 3.05) is 52.7 Å². The Morgan fingerprint density at radius 1 is 1.13 bits per heavy atom. The van der Waals surface area contributed by atoms with Crippen LogP contribution in [0.15, 0.2) is 47.4 Å². The molecule has 1 fully saturated rings. The van der Waals surface area contributed by atoms with Gasteiger partial charge in [0.1, 0.15) is 5.76 Å². The molecule has 0 saturated carbocycles. The van der Waals surface area contributed by atoms with Crippen LogP contribution in [0.5, 0.6) is 11.5 Å². The van der Waals surface area contributed by atoms with E-state index in [1.54, 1.807) is 12.1 Å². The van der Waals surface area contributed by atoms with E-state index >= 15 is 0 Å². The molecule has 8 nitrogen and oxygen atoms in total. The average molecular weight is 428 g/mol. The highest BCUT2D eigenvalue weighted by Gasteiger charge is 2.18. The van der Waals surface area contributed by atoms with Crippen molar-refractivity contribution in [1.29, 1.82) is 0 Å². The van der Waals surface area contributed by atoms with E-state index in [2.05, 4.69) is 27.8 Å². The molecular formula is C23H29N3O5. The van der Waals surface area contributed by atoms with Gasteiger partial charge in [0.25, 0.3) is 5.91 Å². The zero-order valence-electron chi connectivity index (χ0n) is 17.7. The van der Waals surface area contributed by atoms with Gasteiger partial charge in [0, 0.05) is 39.3 Å². The summed E-state index contributed by atoms with van der Waals surface area (Å²) in [4.78, 5) is 16.8. The standard InChI is InChI=1S/C23H29N3O5/c1-2-7-24-23(27)21-6-4-19(31-21)16-26(9-8-25-10-12-28-13-11-25)15-18-3-5-20-22(14-18)30-17-29-20/h2-6,14H,1,7-13,15-17H2,(H,24,27). The molecule has 4 rings (SSSR count). The highest BCUT2D eigenvalue weighted by atomic mass is 16.7. The minimum absolute atomic E-state index is 0.234. The smallest absolute Gasteiger partial charge is 0.287 e. The molecular weight excluding hydrogens is 398 g/mol. The van der Waals surface area contributed by atoms with Crippen LogP contribution in [0.4, 0.5) is 0 Å². The maximum absolute atomic E-state index is 12.1. The first-order valence-corrected chi connectivity index (χ1v) is 10.6. The fraction of sp³-hybridized carbons (Fsp3) is 0.435. The third-order valence-electron chi connectivity index (χ3n) is 5.35. The number of nitrogens with one attached hydrogen (secondary N) is 1. The number of fused-ring (bicyclic) bond motifs is 1. The Balaban J connectivity index is 1.42. The predicted octanol–water partition coefficient (Wildman–Crippen LogP) is 2.26. The van der Waals surface area contributed by atoms with Crippen LogP contribution in [0.1, 0.15) is 21.9 Å². The van der Waals surface area contributed by atoms with Crippen molar-refractivity contribution < 1.29 is 23.4 Å². The molecule has 31 heavy (non-hydrogen) atoms. The maximum Gasteiger partial charge on any atom is 0.287 e. The SMILES string of the molecule is C=CCNC(=O)c1ccc(CN(CCN2CCOCC2)Cc2ccc3c(c2)OCO3)o1. The highest BCUT2D eigenvalue weighted by Crippen LogP contribution is 2.33. The van der Waals surface area contributed by atoms with Gasteiger partial charge in [-0.05, 0) is 29.8 Å². The van der Waals surface area contributed by atoms with E-state index in [0.29, 0.717) is 18.8 Å². The molecule has 0 bridgehead atoms. The van der Waals surface area contributed by atoms with Gasteiger partial charge in [-0.25, -0.2) is 0 Å². The largest absolute Gasteiger partial charge is 0.455 e. The average Bonchev–Trinajstić information content (AvgIpc) is 3.46. The normalized spacial score (nSPS) is 15.9. The summed E-state index contributed by atoms with van der Waals surface area (Å²) in [5.74, 6) is 2.40. The predicted molar refractivity (Wildman–Crippen MR) is 115 cm³/mol. The first kappa shape index (κ1) is 21.4. The molecule has 1 amide bonds. The van der Waals surface area contributed by atoms with Crippen LogP contribution < -0.4 is 14.8 Å². The van der Waals surface area contributed by atoms with Gasteiger partial charge in [-0.15, -0.1) is 6.58 Å². The van der Waals surface area contributed by atoms with Gasteiger partial charge < -0.3 is 23.9 Å². The Morgan fingerprint density at radius 2 is 1.97 bits per heavy atom. The summed E-state index contributed by atoms with van der Waals surface area (Å²) in [6.45, 7) is 10.9. The first-order chi connectivity index (χ1) is 15.2. The van der Waals surface area contributed by atoms with Crippen molar-refractivity contribution in [3.63, 3.8) is 0 Å². The molecule has 1 aromatic carbocycles. The van der Waals surface area contributed by atoms with Crippen LogP contribution in [0.3, 0.4) is 0 Å². The first-order valence-electron chi connectivity index (χ1n) is 10.6. The minimum Gasteiger partial charge on any atom is -0.455 e. The Kier molecular flexibility index (Phi) is 7.24. The third kappa shape index (κ3) is 5.88. The topological polar surface area (TPSA) is 76.4 Å². The molecule has 0 radical (unpaired) electrons. The molecule has 0 atom stereocenters. The van der Waals surface area contributed by atoms with Gasteiger partial charge >= 0.3 is 0 Å². The Bertz CT molecular complexity index is 891. The monoisotopic (exact) mass is 427 g/mol. The number of benzene rings is 1. The Labute approximate surface area is 182 Å². The summed E-state index contributed by atoms with van der Waals surface area (Å²) in [6, 6.07) is 9.62. The lowest BCUT2D eigenvalue weighted by Gasteiger charge is -2.29. The summed E-state index contributed by atoms with van der Waals surface area (Å²) < 4.78 is 22.2. The van der Waals surface area contributed by atoms with E-state index in [4.69, 9.17) is 18.6 Å².